The second kappa shape index (κ2) is 5.89. The Morgan fingerprint density at radius 2 is 1.94 bits per heavy atom. The average molecular weight is 238 g/mol. The number of phenols is 1. The van der Waals surface area contributed by atoms with Crippen LogP contribution in [0.1, 0.15) is 23.2 Å². The highest BCUT2D eigenvalue weighted by molar-refractivity contribution is 6.02. The van der Waals surface area contributed by atoms with Gasteiger partial charge >= 0.3 is 5.97 Å². The molecule has 1 rings (SSSR count). The van der Waals surface area contributed by atoms with E-state index in [9.17, 15) is 14.7 Å². The Balaban J connectivity index is 2.85. The lowest BCUT2D eigenvalue weighted by atomic mass is 10.0. The molecule has 0 radical (unpaired) electrons. The molecule has 5 heteroatoms. The molecule has 0 saturated heterocycles. The Hall–Kier alpha value is -2.04. The van der Waals surface area contributed by atoms with Gasteiger partial charge in [-0.3, -0.25) is 9.59 Å². The van der Waals surface area contributed by atoms with Crippen LogP contribution >= 0.6 is 0 Å². The van der Waals surface area contributed by atoms with Gasteiger partial charge in [-0.1, -0.05) is 6.07 Å². The number of carbonyl (C=O) groups is 2. The highest BCUT2D eigenvalue weighted by Crippen LogP contribution is 2.28. The molecule has 0 heterocycles. The van der Waals surface area contributed by atoms with Gasteiger partial charge in [-0.05, 0) is 12.1 Å². The number of hydrogen-bond donors (Lipinski definition) is 1. The van der Waals surface area contributed by atoms with E-state index in [4.69, 9.17) is 4.74 Å². The molecule has 0 fully saturated rings. The van der Waals surface area contributed by atoms with Gasteiger partial charge in [0.15, 0.2) is 5.78 Å². The van der Waals surface area contributed by atoms with Crippen molar-refractivity contribution in [2.24, 2.45) is 0 Å². The van der Waals surface area contributed by atoms with Crippen molar-refractivity contribution >= 4 is 11.8 Å². The molecule has 17 heavy (non-hydrogen) atoms. The van der Waals surface area contributed by atoms with Crippen molar-refractivity contribution in [1.29, 1.82) is 0 Å². The molecule has 0 aliphatic rings. The first kappa shape index (κ1) is 13.0. The lowest BCUT2D eigenvalue weighted by Gasteiger charge is -2.08. The molecule has 0 bridgehead atoms. The number of benzene rings is 1. The SMILES string of the molecule is COC(=O)CCC(=O)c1c(O)cccc1OC. The minimum atomic E-state index is -0.465. The Bertz CT molecular complexity index is 425. The summed E-state index contributed by atoms with van der Waals surface area (Å²) in [5.41, 5.74) is 0.0962. The zero-order valence-electron chi connectivity index (χ0n) is 9.73. The standard InChI is InChI=1S/C12H14O5/c1-16-10-5-3-4-8(13)12(10)9(14)6-7-11(15)17-2/h3-5,13H,6-7H2,1-2H3. The van der Waals surface area contributed by atoms with Gasteiger partial charge in [0, 0.05) is 6.42 Å². The van der Waals surface area contributed by atoms with Crippen LogP contribution in [0.25, 0.3) is 0 Å². The molecule has 0 spiro atoms. The number of rotatable bonds is 5. The lowest BCUT2D eigenvalue weighted by molar-refractivity contribution is -0.140. The number of esters is 1. The first-order valence-corrected chi connectivity index (χ1v) is 5.06. The number of Topliss-reactive ketones (excluding diaryl/α,β-unsaturated/α-hetero) is 1. The quantitative estimate of drug-likeness (QED) is 0.622. The molecule has 1 aromatic carbocycles. The van der Waals surface area contributed by atoms with Crippen LogP contribution in [0, 0.1) is 0 Å². The molecule has 1 aromatic rings. The Morgan fingerprint density at radius 1 is 1.24 bits per heavy atom. The summed E-state index contributed by atoms with van der Waals surface area (Å²) in [6.07, 6.45) is -0.0482. The van der Waals surface area contributed by atoms with Crippen molar-refractivity contribution in [2.45, 2.75) is 12.8 Å². The zero-order chi connectivity index (χ0) is 12.8. The molecule has 0 amide bonds. The predicted octanol–water partition coefficient (Wildman–Crippen LogP) is 1.54. The lowest BCUT2D eigenvalue weighted by Crippen LogP contribution is -2.07. The van der Waals surface area contributed by atoms with E-state index in [0.717, 1.165) is 0 Å². The van der Waals surface area contributed by atoms with Crippen LogP contribution in [0.3, 0.4) is 0 Å². The molecule has 0 aromatic heterocycles. The van der Waals surface area contributed by atoms with Crippen LogP contribution in [-0.2, 0) is 9.53 Å². The normalized spacial score (nSPS) is 9.76. The summed E-state index contributed by atoms with van der Waals surface area (Å²) < 4.78 is 9.42. The van der Waals surface area contributed by atoms with Crippen LogP contribution < -0.4 is 4.74 Å². The molecule has 0 aliphatic carbocycles. The smallest absolute Gasteiger partial charge is 0.305 e. The maximum absolute atomic E-state index is 11.8. The van der Waals surface area contributed by atoms with Crippen LogP contribution in [0.4, 0.5) is 0 Å². The second-order valence-corrected chi connectivity index (χ2v) is 3.35. The van der Waals surface area contributed by atoms with Gasteiger partial charge < -0.3 is 14.6 Å². The van der Waals surface area contributed by atoms with Crippen molar-refractivity contribution in [3.8, 4) is 11.5 Å². The fourth-order valence-corrected chi connectivity index (χ4v) is 1.41. The molecule has 0 aliphatic heterocycles. The third-order valence-electron chi connectivity index (χ3n) is 2.29. The first-order chi connectivity index (χ1) is 8.10. The number of aromatic hydroxyl groups is 1. The summed E-state index contributed by atoms with van der Waals surface area (Å²) in [4.78, 5) is 22.7. The fraction of sp³-hybridized carbons (Fsp3) is 0.333. The molecule has 1 N–H and O–H groups in total. The average Bonchev–Trinajstić information content (AvgIpc) is 2.34. The Kier molecular flexibility index (Phi) is 4.51. The third-order valence-corrected chi connectivity index (χ3v) is 2.29. The van der Waals surface area contributed by atoms with E-state index in [1.165, 1.54) is 20.3 Å². The fourth-order valence-electron chi connectivity index (χ4n) is 1.41. The molecule has 0 unspecified atom stereocenters. The zero-order valence-corrected chi connectivity index (χ0v) is 9.73. The molecule has 0 atom stereocenters. The van der Waals surface area contributed by atoms with E-state index in [2.05, 4.69) is 4.74 Å². The molecular weight excluding hydrogens is 224 g/mol. The van der Waals surface area contributed by atoms with Gasteiger partial charge in [0.05, 0.1) is 20.6 Å². The van der Waals surface area contributed by atoms with E-state index >= 15 is 0 Å². The minimum Gasteiger partial charge on any atom is -0.507 e. The van der Waals surface area contributed by atoms with Crippen molar-refractivity contribution in [3.05, 3.63) is 23.8 Å². The van der Waals surface area contributed by atoms with Crippen molar-refractivity contribution < 1.29 is 24.2 Å². The summed E-state index contributed by atoms with van der Waals surface area (Å²) in [5, 5.41) is 9.60. The monoisotopic (exact) mass is 238 g/mol. The maximum atomic E-state index is 11.8. The summed E-state index contributed by atoms with van der Waals surface area (Å²) in [6.45, 7) is 0. The molecule has 5 nitrogen and oxygen atoms in total. The topological polar surface area (TPSA) is 72.8 Å². The van der Waals surface area contributed by atoms with Gasteiger partial charge in [-0.25, -0.2) is 0 Å². The summed E-state index contributed by atoms with van der Waals surface area (Å²) in [6, 6.07) is 4.55. The van der Waals surface area contributed by atoms with Crippen molar-refractivity contribution in [1.82, 2.24) is 0 Å². The number of carbonyl (C=O) groups excluding carboxylic acids is 2. The van der Waals surface area contributed by atoms with Crippen LogP contribution in [-0.4, -0.2) is 31.1 Å². The number of phenolic OH excluding ortho intramolecular Hbond substituents is 1. The number of hydrogen-bond acceptors (Lipinski definition) is 5. The minimum absolute atomic E-state index is 0.0210. The van der Waals surface area contributed by atoms with E-state index < -0.39 is 5.97 Å². The van der Waals surface area contributed by atoms with E-state index in [0.29, 0.717) is 5.75 Å². The molecule has 0 saturated carbocycles. The number of methoxy groups -OCH3 is 2. The van der Waals surface area contributed by atoms with Gasteiger partial charge in [-0.15, -0.1) is 0 Å². The first-order valence-electron chi connectivity index (χ1n) is 5.06. The van der Waals surface area contributed by atoms with Crippen molar-refractivity contribution in [3.63, 3.8) is 0 Å². The Morgan fingerprint density at radius 3 is 2.53 bits per heavy atom. The summed E-state index contributed by atoms with van der Waals surface area (Å²) >= 11 is 0. The second-order valence-electron chi connectivity index (χ2n) is 3.35. The Labute approximate surface area is 99.0 Å². The maximum Gasteiger partial charge on any atom is 0.305 e. The summed E-state index contributed by atoms with van der Waals surface area (Å²) in [5.74, 6) is -0.683. The molecule has 92 valence electrons. The van der Waals surface area contributed by atoms with Gasteiger partial charge in [0.2, 0.25) is 0 Å². The van der Waals surface area contributed by atoms with E-state index in [-0.39, 0.29) is 29.9 Å². The van der Waals surface area contributed by atoms with E-state index in [1.54, 1.807) is 12.1 Å². The van der Waals surface area contributed by atoms with Gasteiger partial charge in [0.1, 0.15) is 17.1 Å². The third kappa shape index (κ3) is 3.21. The highest BCUT2D eigenvalue weighted by atomic mass is 16.5. The number of ether oxygens (including phenoxy) is 2. The number of ketones is 1. The van der Waals surface area contributed by atoms with Gasteiger partial charge in [-0.2, -0.15) is 0 Å². The van der Waals surface area contributed by atoms with Gasteiger partial charge in [0.25, 0.3) is 0 Å². The van der Waals surface area contributed by atoms with Crippen LogP contribution in [0.15, 0.2) is 18.2 Å². The van der Waals surface area contributed by atoms with Crippen LogP contribution in [0.5, 0.6) is 11.5 Å². The highest BCUT2D eigenvalue weighted by Gasteiger charge is 2.17. The van der Waals surface area contributed by atoms with Crippen molar-refractivity contribution in [2.75, 3.05) is 14.2 Å². The summed E-state index contributed by atoms with van der Waals surface area (Å²) in [7, 11) is 2.67. The van der Waals surface area contributed by atoms with E-state index in [1.807, 2.05) is 0 Å². The molecular formula is C12H14O5. The van der Waals surface area contributed by atoms with Crippen LogP contribution in [0.2, 0.25) is 0 Å². The largest absolute Gasteiger partial charge is 0.507 e. The predicted molar refractivity (Wildman–Crippen MR) is 60.2 cm³/mol.